The first kappa shape index (κ1) is 16.3. The number of urea groups is 1. The van der Waals surface area contributed by atoms with Crippen molar-refractivity contribution in [2.75, 3.05) is 18.0 Å². The maximum absolute atomic E-state index is 12.7. The number of carbonyl (C=O) groups excluding carboxylic acids is 2. The Bertz CT molecular complexity index is 557. The number of para-hydroxylation sites is 1. The van der Waals surface area contributed by atoms with Gasteiger partial charge in [0.1, 0.15) is 6.04 Å². The van der Waals surface area contributed by atoms with E-state index in [0.29, 0.717) is 13.1 Å². The second kappa shape index (κ2) is 6.81. The van der Waals surface area contributed by atoms with Gasteiger partial charge < -0.3 is 15.1 Å². The van der Waals surface area contributed by atoms with Crippen molar-refractivity contribution < 1.29 is 9.59 Å². The van der Waals surface area contributed by atoms with Crippen LogP contribution in [0.15, 0.2) is 24.3 Å². The van der Waals surface area contributed by atoms with E-state index >= 15 is 0 Å². The second-order valence-corrected chi connectivity index (χ2v) is 5.95. The monoisotopic (exact) mass is 303 g/mol. The molecule has 1 saturated heterocycles. The number of benzene rings is 1. The summed E-state index contributed by atoms with van der Waals surface area (Å²) in [6, 6.07) is 7.41. The molecular weight excluding hydrogens is 278 g/mol. The maximum Gasteiger partial charge on any atom is 0.318 e. The summed E-state index contributed by atoms with van der Waals surface area (Å²) in [4.78, 5) is 28.3. The third kappa shape index (κ3) is 3.24. The highest BCUT2D eigenvalue weighted by Gasteiger charge is 2.35. The van der Waals surface area contributed by atoms with Crippen LogP contribution < -0.4 is 10.2 Å². The van der Waals surface area contributed by atoms with Crippen molar-refractivity contribution in [3.63, 3.8) is 0 Å². The third-order valence-corrected chi connectivity index (χ3v) is 3.99. The van der Waals surface area contributed by atoms with Gasteiger partial charge in [0, 0.05) is 24.8 Å². The van der Waals surface area contributed by atoms with Crippen LogP contribution in [0.4, 0.5) is 10.5 Å². The number of carbonyl (C=O) groups is 2. The molecule has 1 aromatic rings. The van der Waals surface area contributed by atoms with Crippen molar-refractivity contribution in [1.29, 1.82) is 0 Å². The molecule has 0 radical (unpaired) electrons. The van der Waals surface area contributed by atoms with Crippen LogP contribution in [0, 0.1) is 0 Å². The number of hydrogen-bond acceptors (Lipinski definition) is 2. The zero-order chi connectivity index (χ0) is 16.3. The average molecular weight is 303 g/mol. The summed E-state index contributed by atoms with van der Waals surface area (Å²) >= 11 is 0. The summed E-state index contributed by atoms with van der Waals surface area (Å²) in [6.07, 6.45) is 0.881. The van der Waals surface area contributed by atoms with E-state index in [9.17, 15) is 9.59 Å². The van der Waals surface area contributed by atoms with Gasteiger partial charge in [-0.05, 0) is 38.8 Å². The Morgan fingerprint density at radius 1 is 1.32 bits per heavy atom. The van der Waals surface area contributed by atoms with E-state index < -0.39 is 6.04 Å². The van der Waals surface area contributed by atoms with Crippen LogP contribution in [0.5, 0.6) is 0 Å². The number of nitrogens with zero attached hydrogens (tertiary/aromatic N) is 2. The summed E-state index contributed by atoms with van der Waals surface area (Å²) in [5.74, 6) is -0.0222. The van der Waals surface area contributed by atoms with Crippen LogP contribution in [0.25, 0.3) is 0 Å². The van der Waals surface area contributed by atoms with Gasteiger partial charge in [0.2, 0.25) is 5.91 Å². The molecule has 1 heterocycles. The molecule has 0 aromatic heterocycles. The van der Waals surface area contributed by atoms with E-state index in [4.69, 9.17) is 0 Å². The first-order chi connectivity index (χ1) is 10.5. The Morgan fingerprint density at radius 2 is 2.00 bits per heavy atom. The van der Waals surface area contributed by atoms with Crippen molar-refractivity contribution in [2.24, 2.45) is 0 Å². The minimum absolute atomic E-state index is 0.0222. The van der Waals surface area contributed by atoms with Gasteiger partial charge in [-0.15, -0.1) is 0 Å². The van der Waals surface area contributed by atoms with Gasteiger partial charge in [-0.3, -0.25) is 4.79 Å². The quantitative estimate of drug-likeness (QED) is 0.932. The summed E-state index contributed by atoms with van der Waals surface area (Å²) in [7, 11) is 0. The fourth-order valence-electron chi connectivity index (χ4n) is 2.79. The van der Waals surface area contributed by atoms with Gasteiger partial charge in [0.15, 0.2) is 0 Å². The van der Waals surface area contributed by atoms with Crippen LogP contribution in [-0.4, -0.2) is 42.0 Å². The van der Waals surface area contributed by atoms with E-state index in [-0.39, 0.29) is 18.0 Å². The number of rotatable bonds is 3. The molecule has 3 amide bonds. The summed E-state index contributed by atoms with van der Waals surface area (Å²) in [5, 5.41) is 2.86. The molecule has 5 heteroatoms. The Balaban J connectivity index is 2.17. The van der Waals surface area contributed by atoms with Crippen LogP contribution in [0.2, 0.25) is 0 Å². The van der Waals surface area contributed by atoms with Crippen molar-refractivity contribution in [3.8, 4) is 0 Å². The molecule has 120 valence electrons. The summed E-state index contributed by atoms with van der Waals surface area (Å²) < 4.78 is 0. The molecular formula is C17H25N3O2. The van der Waals surface area contributed by atoms with Crippen LogP contribution in [-0.2, 0) is 11.2 Å². The lowest BCUT2D eigenvalue weighted by Crippen LogP contribution is -2.60. The molecule has 0 bridgehead atoms. The molecule has 0 saturated carbocycles. The van der Waals surface area contributed by atoms with Gasteiger partial charge in [-0.1, -0.05) is 25.1 Å². The number of aryl methyl sites for hydroxylation is 1. The molecule has 1 aliphatic heterocycles. The molecule has 0 aliphatic carbocycles. The Morgan fingerprint density at radius 3 is 2.64 bits per heavy atom. The number of anilines is 1. The van der Waals surface area contributed by atoms with Crippen molar-refractivity contribution in [3.05, 3.63) is 29.8 Å². The van der Waals surface area contributed by atoms with E-state index in [1.165, 1.54) is 0 Å². The lowest BCUT2D eigenvalue weighted by Gasteiger charge is -2.39. The number of nitrogens with one attached hydrogen (secondary N) is 1. The van der Waals surface area contributed by atoms with Gasteiger partial charge in [-0.25, -0.2) is 4.79 Å². The summed E-state index contributed by atoms with van der Waals surface area (Å²) in [6.45, 7) is 8.79. The van der Waals surface area contributed by atoms with Crippen LogP contribution >= 0.6 is 0 Å². The van der Waals surface area contributed by atoms with Gasteiger partial charge in [0.25, 0.3) is 0 Å². The minimum Gasteiger partial charge on any atom is -0.336 e. The standard InChI is InChI=1S/C17H25N3O2/c1-5-14-8-6-7-9-15(14)20-11-10-19(13(4)16(20)21)17(22)18-12(2)3/h6-9,12-13H,5,10-11H2,1-4H3,(H,18,22)/t13-/m1/s1. The smallest absolute Gasteiger partial charge is 0.318 e. The SMILES string of the molecule is CCc1ccccc1N1CCN(C(=O)NC(C)C)[C@H](C)C1=O. The highest BCUT2D eigenvalue weighted by Crippen LogP contribution is 2.25. The number of piperazine rings is 1. The minimum atomic E-state index is -0.447. The molecule has 0 unspecified atom stereocenters. The van der Waals surface area contributed by atoms with E-state index in [2.05, 4.69) is 12.2 Å². The topological polar surface area (TPSA) is 52.6 Å². The first-order valence-electron chi connectivity index (χ1n) is 7.92. The Hall–Kier alpha value is -2.04. The van der Waals surface area contributed by atoms with Crippen molar-refractivity contribution in [1.82, 2.24) is 10.2 Å². The van der Waals surface area contributed by atoms with Crippen LogP contribution in [0.1, 0.15) is 33.3 Å². The molecule has 1 aromatic carbocycles. The van der Waals surface area contributed by atoms with E-state index in [1.54, 1.807) is 11.8 Å². The van der Waals surface area contributed by atoms with Crippen molar-refractivity contribution >= 4 is 17.6 Å². The molecule has 1 N–H and O–H groups in total. The third-order valence-electron chi connectivity index (χ3n) is 3.99. The highest BCUT2D eigenvalue weighted by molar-refractivity contribution is 6.00. The van der Waals surface area contributed by atoms with Crippen LogP contribution in [0.3, 0.4) is 0 Å². The first-order valence-corrected chi connectivity index (χ1v) is 7.92. The molecule has 5 nitrogen and oxygen atoms in total. The number of amides is 3. The van der Waals surface area contributed by atoms with E-state index in [0.717, 1.165) is 17.7 Å². The zero-order valence-corrected chi connectivity index (χ0v) is 13.8. The Labute approximate surface area is 132 Å². The zero-order valence-electron chi connectivity index (χ0n) is 13.8. The predicted octanol–water partition coefficient (Wildman–Crippen LogP) is 2.40. The van der Waals surface area contributed by atoms with Gasteiger partial charge in [-0.2, -0.15) is 0 Å². The fraction of sp³-hybridized carbons (Fsp3) is 0.529. The van der Waals surface area contributed by atoms with Gasteiger partial charge in [0.05, 0.1) is 0 Å². The lowest BCUT2D eigenvalue weighted by molar-refractivity contribution is -0.124. The molecule has 1 aliphatic rings. The second-order valence-electron chi connectivity index (χ2n) is 5.95. The molecule has 1 fully saturated rings. The lowest BCUT2D eigenvalue weighted by atomic mass is 10.1. The van der Waals surface area contributed by atoms with E-state index in [1.807, 2.05) is 43.0 Å². The maximum atomic E-state index is 12.7. The number of hydrogen-bond donors (Lipinski definition) is 1. The average Bonchev–Trinajstić information content (AvgIpc) is 2.49. The molecule has 0 spiro atoms. The van der Waals surface area contributed by atoms with Gasteiger partial charge >= 0.3 is 6.03 Å². The Kier molecular flexibility index (Phi) is 5.06. The highest BCUT2D eigenvalue weighted by atomic mass is 16.2. The molecule has 1 atom stereocenters. The summed E-state index contributed by atoms with van der Waals surface area (Å²) in [5.41, 5.74) is 2.12. The van der Waals surface area contributed by atoms with Crippen molar-refractivity contribution in [2.45, 2.75) is 46.2 Å². The molecule has 22 heavy (non-hydrogen) atoms. The largest absolute Gasteiger partial charge is 0.336 e. The molecule has 2 rings (SSSR count). The normalized spacial score (nSPS) is 18.8. The fourth-order valence-corrected chi connectivity index (χ4v) is 2.79. The predicted molar refractivity (Wildman–Crippen MR) is 88.0 cm³/mol.